The minimum absolute atomic E-state index is 0.0566. The van der Waals surface area contributed by atoms with Crippen LogP contribution in [-0.4, -0.2) is 16.0 Å². The lowest BCUT2D eigenvalue weighted by Crippen LogP contribution is -2.23. The first-order chi connectivity index (χ1) is 11.8. The molecule has 2 aromatic carbocycles. The number of pyridine rings is 1. The standard InChI is InChI=1S/C18H13F3N2O2/c19-18(20,21)16-8-11(6-7-22-16)10-23-17(25)15-3-1-2-12-9-13(24)4-5-14(12)15/h1-9,24H,10H2,(H,23,25). The molecule has 0 bridgehead atoms. The number of nitrogens with one attached hydrogen (secondary N) is 1. The van der Waals surface area contributed by atoms with Crippen LogP contribution in [0.1, 0.15) is 21.6 Å². The molecule has 0 unspecified atom stereocenters. The van der Waals surface area contributed by atoms with Gasteiger partial charge in [0.25, 0.3) is 5.91 Å². The van der Waals surface area contributed by atoms with Gasteiger partial charge in [0.1, 0.15) is 11.4 Å². The third-order valence-corrected chi connectivity index (χ3v) is 3.68. The summed E-state index contributed by atoms with van der Waals surface area (Å²) in [7, 11) is 0. The molecule has 4 nitrogen and oxygen atoms in total. The molecule has 3 aromatic rings. The molecule has 128 valence electrons. The van der Waals surface area contributed by atoms with Gasteiger partial charge in [0.05, 0.1) is 0 Å². The fourth-order valence-corrected chi connectivity index (χ4v) is 2.49. The maximum atomic E-state index is 12.7. The van der Waals surface area contributed by atoms with Crippen molar-refractivity contribution in [1.82, 2.24) is 10.3 Å². The van der Waals surface area contributed by atoms with Crippen LogP contribution in [0.3, 0.4) is 0 Å². The first-order valence-corrected chi connectivity index (χ1v) is 7.36. The van der Waals surface area contributed by atoms with Crippen LogP contribution in [-0.2, 0) is 12.7 Å². The average Bonchev–Trinajstić information content (AvgIpc) is 2.58. The van der Waals surface area contributed by atoms with E-state index in [2.05, 4.69) is 10.3 Å². The molecule has 3 rings (SSSR count). The Labute approximate surface area is 140 Å². The number of amides is 1. The number of phenolic OH excluding ortho intramolecular Hbond substituents is 1. The molecule has 25 heavy (non-hydrogen) atoms. The average molecular weight is 346 g/mol. The molecule has 0 aliphatic rings. The number of rotatable bonds is 3. The molecule has 0 aliphatic carbocycles. The number of phenols is 1. The van der Waals surface area contributed by atoms with Crippen LogP contribution < -0.4 is 5.32 Å². The highest BCUT2D eigenvalue weighted by Gasteiger charge is 2.32. The third-order valence-electron chi connectivity index (χ3n) is 3.68. The SMILES string of the molecule is O=C(NCc1ccnc(C(F)(F)F)c1)c1cccc2cc(O)ccc12. The van der Waals surface area contributed by atoms with Gasteiger partial charge in [-0.05, 0) is 52.7 Å². The highest BCUT2D eigenvalue weighted by atomic mass is 19.4. The molecule has 0 fully saturated rings. The summed E-state index contributed by atoms with van der Waals surface area (Å²) in [5, 5.41) is 13.4. The zero-order valence-corrected chi connectivity index (χ0v) is 12.8. The van der Waals surface area contributed by atoms with Gasteiger partial charge < -0.3 is 10.4 Å². The Morgan fingerprint density at radius 2 is 1.92 bits per heavy atom. The number of hydrogen-bond donors (Lipinski definition) is 2. The van der Waals surface area contributed by atoms with E-state index in [0.29, 0.717) is 21.9 Å². The van der Waals surface area contributed by atoms with E-state index in [1.807, 2.05) is 0 Å². The van der Waals surface area contributed by atoms with Crippen molar-refractivity contribution in [3.63, 3.8) is 0 Å². The molecule has 0 saturated heterocycles. The van der Waals surface area contributed by atoms with E-state index in [-0.39, 0.29) is 12.3 Å². The Morgan fingerprint density at radius 1 is 1.12 bits per heavy atom. The number of carbonyl (C=O) groups excluding carboxylic acids is 1. The van der Waals surface area contributed by atoms with E-state index in [9.17, 15) is 23.1 Å². The van der Waals surface area contributed by atoms with Crippen molar-refractivity contribution in [2.24, 2.45) is 0 Å². The van der Waals surface area contributed by atoms with Gasteiger partial charge >= 0.3 is 6.18 Å². The first-order valence-electron chi connectivity index (χ1n) is 7.36. The van der Waals surface area contributed by atoms with E-state index >= 15 is 0 Å². The molecule has 1 aromatic heterocycles. The first kappa shape index (κ1) is 16.8. The smallest absolute Gasteiger partial charge is 0.433 e. The number of hydrogen-bond acceptors (Lipinski definition) is 3. The molecule has 1 heterocycles. The predicted octanol–water partition coefficient (Wildman–Crippen LogP) is 3.89. The minimum atomic E-state index is -4.53. The van der Waals surface area contributed by atoms with Crippen molar-refractivity contribution in [1.29, 1.82) is 0 Å². The fourth-order valence-electron chi connectivity index (χ4n) is 2.49. The second-order valence-electron chi connectivity index (χ2n) is 5.44. The van der Waals surface area contributed by atoms with E-state index < -0.39 is 17.8 Å². The van der Waals surface area contributed by atoms with Gasteiger partial charge in [0.2, 0.25) is 0 Å². The van der Waals surface area contributed by atoms with Crippen molar-refractivity contribution in [2.45, 2.75) is 12.7 Å². The monoisotopic (exact) mass is 346 g/mol. The second-order valence-corrected chi connectivity index (χ2v) is 5.44. The van der Waals surface area contributed by atoms with Crippen molar-refractivity contribution in [3.05, 3.63) is 71.5 Å². The number of nitrogens with zero attached hydrogens (tertiary/aromatic N) is 1. The van der Waals surface area contributed by atoms with E-state index in [1.54, 1.807) is 24.3 Å². The Morgan fingerprint density at radius 3 is 2.68 bits per heavy atom. The van der Waals surface area contributed by atoms with Gasteiger partial charge in [-0.2, -0.15) is 13.2 Å². The highest BCUT2D eigenvalue weighted by Crippen LogP contribution is 2.28. The maximum absolute atomic E-state index is 12.7. The van der Waals surface area contributed by atoms with E-state index in [0.717, 1.165) is 12.3 Å². The fraction of sp³-hybridized carbons (Fsp3) is 0.111. The van der Waals surface area contributed by atoms with Gasteiger partial charge in [0.15, 0.2) is 0 Å². The normalized spacial score (nSPS) is 11.5. The van der Waals surface area contributed by atoms with E-state index in [4.69, 9.17) is 0 Å². The van der Waals surface area contributed by atoms with E-state index in [1.165, 1.54) is 18.2 Å². The van der Waals surface area contributed by atoms with Crippen molar-refractivity contribution in [3.8, 4) is 5.75 Å². The summed E-state index contributed by atoms with van der Waals surface area (Å²) in [6.45, 7) is -0.0566. The largest absolute Gasteiger partial charge is 0.508 e. The summed E-state index contributed by atoms with van der Waals surface area (Å²) in [5.74, 6) is -0.330. The molecule has 2 N–H and O–H groups in total. The van der Waals surface area contributed by atoms with Crippen LogP contribution in [0, 0.1) is 0 Å². The second kappa shape index (κ2) is 6.43. The summed E-state index contributed by atoms with van der Waals surface area (Å²) in [6.07, 6.45) is -3.47. The van der Waals surface area contributed by atoms with Gasteiger partial charge in [-0.3, -0.25) is 9.78 Å². The molecular weight excluding hydrogens is 333 g/mol. The minimum Gasteiger partial charge on any atom is -0.508 e. The summed E-state index contributed by atoms with van der Waals surface area (Å²) >= 11 is 0. The lowest BCUT2D eigenvalue weighted by Gasteiger charge is -2.10. The summed E-state index contributed by atoms with van der Waals surface area (Å²) in [6, 6.07) is 12.0. The van der Waals surface area contributed by atoms with Gasteiger partial charge in [-0.1, -0.05) is 12.1 Å². The zero-order chi connectivity index (χ0) is 18.0. The Hall–Kier alpha value is -3.09. The Kier molecular flexibility index (Phi) is 4.31. The van der Waals surface area contributed by atoms with Crippen molar-refractivity contribution >= 4 is 16.7 Å². The van der Waals surface area contributed by atoms with Crippen molar-refractivity contribution < 1.29 is 23.1 Å². The quantitative estimate of drug-likeness (QED) is 0.756. The molecule has 7 heteroatoms. The molecule has 0 atom stereocenters. The number of carbonyl (C=O) groups is 1. The zero-order valence-electron chi connectivity index (χ0n) is 12.8. The van der Waals surface area contributed by atoms with Crippen LogP contribution in [0.25, 0.3) is 10.8 Å². The molecule has 0 aliphatic heterocycles. The molecule has 0 saturated carbocycles. The van der Waals surface area contributed by atoms with Gasteiger partial charge in [0, 0.05) is 18.3 Å². The third kappa shape index (κ3) is 3.71. The maximum Gasteiger partial charge on any atom is 0.433 e. The lowest BCUT2D eigenvalue weighted by molar-refractivity contribution is -0.141. The predicted molar refractivity (Wildman–Crippen MR) is 86.0 cm³/mol. The highest BCUT2D eigenvalue weighted by molar-refractivity contribution is 6.07. The van der Waals surface area contributed by atoms with Gasteiger partial charge in [-0.15, -0.1) is 0 Å². The number of aromatic nitrogens is 1. The van der Waals surface area contributed by atoms with Gasteiger partial charge in [-0.25, -0.2) is 0 Å². The van der Waals surface area contributed by atoms with Crippen LogP contribution in [0.2, 0.25) is 0 Å². The molecule has 1 amide bonds. The molecular formula is C18H13F3N2O2. The molecule has 0 spiro atoms. The van der Waals surface area contributed by atoms with Crippen LogP contribution in [0.15, 0.2) is 54.7 Å². The summed E-state index contributed by atoms with van der Waals surface area (Å²) < 4.78 is 38.0. The van der Waals surface area contributed by atoms with Crippen LogP contribution in [0.4, 0.5) is 13.2 Å². The summed E-state index contributed by atoms with van der Waals surface area (Å²) in [4.78, 5) is 15.7. The summed E-state index contributed by atoms with van der Waals surface area (Å²) in [5.41, 5.74) is -0.323. The molecule has 0 radical (unpaired) electrons. The number of aromatic hydroxyl groups is 1. The van der Waals surface area contributed by atoms with Crippen LogP contribution >= 0.6 is 0 Å². The number of alkyl halides is 3. The Bertz CT molecular complexity index is 939. The van der Waals surface area contributed by atoms with Crippen molar-refractivity contribution in [2.75, 3.05) is 0 Å². The van der Waals surface area contributed by atoms with Crippen LogP contribution in [0.5, 0.6) is 5.75 Å². The number of benzene rings is 2. The topological polar surface area (TPSA) is 62.2 Å². The number of halogens is 3. The lowest BCUT2D eigenvalue weighted by atomic mass is 10.0. The number of fused-ring (bicyclic) bond motifs is 1. The Balaban J connectivity index is 1.80.